The lowest BCUT2D eigenvalue weighted by molar-refractivity contribution is 0.0955. The van der Waals surface area contributed by atoms with Gasteiger partial charge in [-0.25, -0.2) is 0 Å². The normalized spacial score (nSPS) is 10.4. The Labute approximate surface area is 143 Å². The third kappa shape index (κ3) is 5.04. The average molecular weight is 411 g/mol. The number of thioether (sulfide) groups is 1. The van der Waals surface area contributed by atoms with Crippen molar-refractivity contribution in [1.82, 2.24) is 5.32 Å². The molecule has 2 aromatic carbocycles. The number of benzene rings is 2. The minimum absolute atomic E-state index is 0.00362. The van der Waals surface area contributed by atoms with Crippen molar-refractivity contribution in [3.05, 3.63) is 62.7 Å². The highest BCUT2D eigenvalue weighted by Crippen LogP contribution is 2.18. The van der Waals surface area contributed by atoms with Crippen molar-refractivity contribution in [3.8, 4) is 0 Å². The Balaban J connectivity index is 1.80. The van der Waals surface area contributed by atoms with Gasteiger partial charge in [-0.2, -0.15) is 0 Å². The Morgan fingerprint density at radius 2 is 1.76 bits per heavy atom. The SMILES string of the molecule is Cc1ccc(SCCNC(=O)c2ccc(C)cc2I)cc1. The van der Waals surface area contributed by atoms with Crippen LogP contribution in [0.3, 0.4) is 0 Å². The fraction of sp³-hybridized carbons (Fsp3) is 0.235. The van der Waals surface area contributed by atoms with E-state index in [0.29, 0.717) is 6.54 Å². The first kappa shape index (κ1) is 16.4. The fourth-order valence-corrected chi connectivity index (χ4v) is 3.55. The summed E-state index contributed by atoms with van der Waals surface area (Å²) in [6.07, 6.45) is 0. The highest BCUT2D eigenvalue weighted by Gasteiger charge is 2.09. The minimum Gasteiger partial charge on any atom is -0.351 e. The molecule has 0 bridgehead atoms. The Morgan fingerprint density at radius 1 is 1.10 bits per heavy atom. The number of carbonyl (C=O) groups is 1. The number of halogens is 1. The van der Waals surface area contributed by atoms with Gasteiger partial charge in [-0.15, -0.1) is 11.8 Å². The summed E-state index contributed by atoms with van der Waals surface area (Å²) in [5, 5.41) is 2.98. The molecule has 0 fully saturated rings. The van der Waals surface area contributed by atoms with Gasteiger partial charge in [0.2, 0.25) is 0 Å². The van der Waals surface area contributed by atoms with Gasteiger partial charge in [0.25, 0.3) is 5.91 Å². The van der Waals surface area contributed by atoms with Crippen molar-refractivity contribution in [2.24, 2.45) is 0 Å². The zero-order valence-electron chi connectivity index (χ0n) is 12.2. The van der Waals surface area contributed by atoms with Crippen LogP contribution in [-0.2, 0) is 0 Å². The molecule has 110 valence electrons. The summed E-state index contributed by atoms with van der Waals surface area (Å²) in [7, 11) is 0. The van der Waals surface area contributed by atoms with Gasteiger partial charge >= 0.3 is 0 Å². The molecule has 0 aliphatic heterocycles. The van der Waals surface area contributed by atoms with Gasteiger partial charge in [-0.3, -0.25) is 4.79 Å². The number of aryl methyl sites for hydroxylation is 2. The molecule has 0 aromatic heterocycles. The van der Waals surface area contributed by atoms with Crippen LogP contribution >= 0.6 is 34.4 Å². The molecular weight excluding hydrogens is 393 g/mol. The first-order chi connectivity index (χ1) is 10.1. The molecule has 0 heterocycles. The first-order valence-electron chi connectivity index (χ1n) is 6.80. The van der Waals surface area contributed by atoms with Crippen molar-refractivity contribution in [1.29, 1.82) is 0 Å². The van der Waals surface area contributed by atoms with E-state index in [1.165, 1.54) is 16.0 Å². The molecule has 0 aliphatic rings. The molecule has 0 aliphatic carbocycles. The smallest absolute Gasteiger partial charge is 0.252 e. The predicted molar refractivity (Wildman–Crippen MR) is 98.1 cm³/mol. The lowest BCUT2D eigenvalue weighted by atomic mass is 10.1. The van der Waals surface area contributed by atoms with Crippen LogP contribution in [-0.4, -0.2) is 18.2 Å². The van der Waals surface area contributed by atoms with Crippen LogP contribution in [0.2, 0.25) is 0 Å². The van der Waals surface area contributed by atoms with Gasteiger partial charge in [0.1, 0.15) is 0 Å². The highest BCUT2D eigenvalue weighted by molar-refractivity contribution is 14.1. The topological polar surface area (TPSA) is 29.1 Å². The van der Waals surface area contributed by atoms with Crippen LogP contribution in [0.5, 0.6) is 0 Å². The highest BCUT2D eigenvalue weighted by atomic mass is 127. The second kappa shape index (κ2) is 7.84. The van der Waals surface area contributed by atoms with E-state index in [9.17, 15) is 4.79 Å². The lowest BCUT2D eigenvalue weighted by Crippen LogP contribution is -2.26. The molecule has 0 unspecified atom stereocenters. The van der Waals surface area contributed by atoms with Gasteiger partial charge in [-0.1, -0.05) is 29.3 Å². The van der Waals surface area contributed by atoms with Gasteiger partial charge in [0.15, 0.2) is 0 Å². The van der Waals surface area contributed by atoms with Crippen LogP contribution < -0.4 is 5.32 Å². The number of rotatable bonds is 5. The van der Waals surface area contributed by atoms with Crippen LogP contribution in [0.15, 0.2) is 47.4 Å². The van der Waals surface area contributed by atoms with Gasteiger partial charge in [0, 0.05) is 20.8 Å². The molecule has 1 N–H and O–H groups in total. The lowest BCUT2D eigenvalue weighted by Gasteiger charge is -2.07. The van der Waals surface area contributed by atoms with Crippen LogP contribution in [0, 0.1) is 17.4 Å². The molecule has 1 amide bonds. The molecule has 2 aromatic rings. The fourth-order valence-electron chi connectivity index (χ4n) is 1.87. The van der Waals surface area contributed by atoms with Crippen LogP contribution in [0.4, 0.5) is 0 Å². The minimum atomic E-state index is 0.00362. The average Bonchev–Trinajstić information content (AvgIpc) is 2.45. The Kier molecular flexibility index (Phi) is 6.11. The summed E-state index contributed by atoms with van der Waals surface area (Å²) in [4.78, 5) is 13.3. The molecule has 0 saturated carbocycles. The molecule has 2 rings (SSSR count). The van der Waals surface area contributed by atoms with Crippen LogP contribution in [0.1, 0.15) is 21.5 Å². The maximum absolute atomic E-state index is 12.1. The quantitative estimate of drug-likeness (QED) is 0.448. The van der Waals surface area contributed by atoms with Gasteiger partial charge in [-0.05, 0) is 60.7 Å². The van der Waals surface area contributed by atoms with E-state index in [1.54, 1.807) is 11.8 Å². The van der Waals surface area contributed by atoms with Crippen molar-refractivity contribution in [2.45, 2.75) is 18.7 Å². The molecule has 0 spiro atoms. The molecule has 0 atom stereocenters. The van der Waals surface area contributed by atoms with E-state index in [4.69, 9.17) is 0 Å². The second-order valence-corrected chi connectivity index (χ2v) is 7.23. The maximum atomic E-state index is 12.1. The van der Waals surface area contributed by atoms with Crippen LogP contribution in [0.25, 0.3) is 0 Å². The summed E-state index contributed by atoms with van der Waals surface area (Å²) in [6, 6.07) is 14.3. The molecule has 2 nitrogen and oxygen atoms in total. The van der Waals surface area contributed by atoms with Crippen molar-refractivity contribution in [3.63, 3.8) is 0 Å². The third-order valence-corrected chi connectivity index (χ3v) is 4.95. The number of amides is 1. The number of carbonyl (C=O) groups excluding carboxylic acids is 1. The van der Waals surface area contributed by atoms with Crippen molar-refractivity contribution in [2.75, 3.05) is 12.3 Å². The van der Waals surface area contributed by atoms with E-state index in [1.807, 2.05) is 25.1 Å². The molecule has 0 saturated heterocycles. The molecule has 0 radical (unpaired) electrons. The number of nitrogens with one attached hydrogen (secondary N) is 1. The van der Waals surface area contributed by atoms with Crippen molar-refractivity contribution >= 4 is 40.3 Å². The molecule has 21 heavy (non-hydrogen) atoms. The maximum Gasteiger partial charge on any atom is 0.252 e. The number of hydrogen-bond donors (Lipinski definition) is 1. The second-order valence-electron chi connectivity index (χ2n) is 4.90. The van der Waals surface area contributed by atoms with Crippen molar-refractivity contribution < 1.29 is 4.79 Å². The molecule has 4 heteroatoms. The summed E-state index contributed by atoms with van der Waals surface area (Å²) in [5.74, 6) is 0.876. The summed E-state index contributed by atoms with van der Waals surface area (Å²) >= 11 is 3.96. The van der Waals surface area contributed by atoms with E-state index in [0.717, 1.165) is 14.9 Å². The van der Waals surface area contributed by atoms with E-state index < -0.39 is 0 Å². The van der Waals surface area contributed by atoms with Gasteiger partial charge < -0.3 is 5.32 Å². The summed E-state index contributed by atoms with van der Waals surface area (Å²) in [5.41, 5.74) is 3.19. The number of hydrogen-bond acceptors (Lipinski definition) is 2. The zero-order chi connectivity index (χ0) is 15.2. The largest absolute Gasteiger partial charge is 0.351 e. The Morgan fingerprint density at radius 3 is 2.43 bits per heavy atom. The van der Waals surface area contributed by atoms with Gasteiger partial charge in [0.05, 0.1) is 5.56 Å². The monoisotopic (exact) mass is 411 g/mol. The van der Waals surface area contributed by atoms with E-state index in [2.05, 4.69) is 59.1 Å². The summed E-state index contributed by atoms with van der Waals surface area (Å²) < 4.78 is 0.997. The first-order valence-corrected chi connectivity index (χ1v) is 8.86. The molecular formula is C17H18INOS. The summed E-state index contributed by atoms with van der Waals surface area (Å²) in [6.45, 7) is 4.78. The predicted octanol–water partition coefficient (Wildman–Crippen LogP) is 4.43. The van der Waals surface area contributed by atoms with E-state index in [-0.39, 0.29) is 5.91 Å². The standard InChI is InChI=1S/C17H18INOS/c1-12-3-6-14(7-4-12)21-10-9-19-17(20)15-8-5-13(2)11-16(15)18/h3-8,11H,9-10H2,1-2H3,(H,19,20). The zero-order valence-corrected chi connectivity index (χ0v) is 15.1. The Bertz CT molecular complexity index is 625. The Hall–Kier alpha value is -1.01. The third-order valence-electron chi connectivity index (χ3n) is 3.05. The van der Waals surface area contributed by atoms with E-state index >= 15 is 0 Å².